The summed E-state index contributed by atoms with van der Waals surface area (Å²) in [7, 11) is 0. The van der Waals surface area contributed by atoms with Gasteiger partial charge in [0, 0.05) is 30.7 Å². The van der Waals surface area contributed by atoms with E-state index in [0.717, 1.165) is 25.3 Å². The molecule has 17 heavy (non-hydrogen) atoms. The Balaban J connectivity index is 2.31. The third-order valence-corrected chi connectivity index (χ3v) is 3.49. The molecule has 2 nitrogen and oxygen atoms in total. The van der Waals surface area contributed by atoms with Crippen LogP contribution in [0.15, 0.2) is 18.2 Å². The Hall–Kier alpha value is -1.02. The van der Waals surface area contributed by atoms with Gasteiger partial charge in [0.25, 0.3) is 0 Å². The average Bonchev–Trinajstić information content (AvgIpc) is 2.13. The molecule has 1 aliphatic heterocycles. The molecule has 1 aromatic carbocycles. The van der Waals surface area contributed by atoms with Gasteiger partial charge in [-0.1, -0.05) is 33.8 Å². The summed E-state index contributed by atoms with van der Waals surface area (Å²) in [5.41, 5.74) is 9.88. The van der Waals surface area contributed by atoms with Crippen molar-refractivity contribution in [2.75, 3.05) is 18.8 Å². The molecule has 0 saturated heterocycles. The maximum Gasteiger partial charge on any atom is 0.0317 e. The van der Waals surface area contributed by atoms with Crippen molar-refractivity contribution in [3.05, 3.63) is 29.3 Å². The molecular weight excluding hydrogens is 208 g/mol. The van der Waals surface area contributed by atoms with Crippen LogP contribution in [0.5, 0.6) is 0 Å². The summed E-state index contributed by atoms with van der Waals surface area (Å²) < 4.78 is 0. The quantitative estimate of drug-likeness (QED) is 0.794. The summed E-state index contributed by atoms with van der Waals surface area (Å²) in [6.07, 6.45) is 0. The molecule has 2 heteroatoms. The molecule has 0 saturated carbocycles. The summed E-state index contributed by atoms with van der Waals surface area (Å²) in [4.78, 5) is 2.55. The molecule has 0 aliphatic carbocycles. The van der Waals surface area contributed by atoms with Gasteiger partial charge in [-0.3, -0.25) is 4.90 Å². The van der Waals surface area contributed by atoms with Crippen molar-refractivity contribution in [1.29, 1.82) is 0 Å². The lowest BCUT2D eigenvalue weighted by Gasteiger charge is -2.40. The molecule has 2 rings (SSSR count). The summed E-state index contributed by atoms with van der Waals surface area (Å²) in [6, 6.07) is 6.37. The van der Waals surface area contributed by atoms with Gasteiger partial charge >= 0.3 is 0 Å². The van der Waals surface area contributed by atoms with E-state index in [9.17, 15) is 0 Å². The molecule has 0 radical (unpaired) electrons. The van der Waals surface area contributed by atoms with E-state index in [-0.39, 0.29) is 5.41 Å². The Labute approximate surface area is 105 Å². The summed E-state index contributed by atoms with van der Waals surface area (Å²) in [5.74, 6) is 0.716. The summed E-state index contributed by atoms with van der Waals surface area (Å²) in [6.45, 7) is 12.6. The molecule has 2 N–H and O–H groups in total. The zero-order chi connectivity index (χ0) is 12.6. The van der Waals surface area contributed by atoms with Crippen molar-refractivity contribution in [3.8, 4) is 0 Å². The number of benzene rings is 1. The van der Waals surface area contributed by atoms with Gasteiger partial charge in [0.1, 0.15) is 0 Å². The maximum absolute atomic E-state index is 5.90. The lowest BCUT2D eigenvalue weighted by Crippen LogP contribution is -2.43. The van der Waals surface area contributed by atoms with Crippen LogP contribution in [0.2, 0.25) is 0 Å². The molecule has 0 aromatic heterocycles. The van der Waals surface area contributed by atoms with Crippen LogP contribution in [0.1, 0.15) is 38.8 Å². The number of hydrogen-bond donors (Lipinski definition) is 1. The molecule has 0 atom stereocenters. The molecule has 0 bridgehead atoms. The third kappa shape index (κ3) is 2.63. The van der Waals surface area contributed by atoms with E-state index in [1.54, 1.807) is 0 Å². The Bertz CT molecular complexity index is 407. The standard InChI is InChI=1S/C15H24N2/c1-11(2)8-17-9-12-7-13(16)5-6-14(12)15(3,4)10-17/h5-7,11H,8-10,16H2,1-4H3. The fourth-order valence-electron chi connectivity index (χ4n) is 2.99. The van der Waals surface area contributed by atoms with Crippen molar-refractivity contribution in [1.82, 2.24) is 4.90 Å². The van der Waals surface area contributed by atoms with E-state index in [1.807, 2.05) is 6.07 Å². The topological polar surface area (TPSA) is 29.3 Å². The third-order valence-electron chi connectivity index (χ3n) is 3.49. The van der Waals surface area contributed by atoms with Crippen LogP contribution >= 0.6 is 0 Å². The monoisotopic (exact) mass is 232 g/mol. The minimum atomic E-state index is 0.232. The minimum absolute atomic E-state index is 0.232. The van der Waals surface area contributed by atoms with Crippen molar-refractivity contribution in [2.24, 2.45) is 5.92 Å². The fraction of sp³-hybridized carbons (Fsp3) is 0.600. The lowest BCUT2D eigenvalue weighted by atomic mass is 9.78. The van der Waals surface area contributed by atoms with Crippen molar-refractivity contribution < 1.29 is 0 Å². The van der Waals surface area contributed by atoms with Crippen LogP contribution in [0.3, 0.4) is 0 Å². The Morgan fingerprint density at radius 2 is 2.06 bits per heavy atom. The number of hydrogen-bond acceptors (Lipinski definition) is 2. The number of rotatable bonds is 2. The van der Waals surface area contributed by atoms with E-state index in [0.29, 0.717) is 5.92 Å². The number of nitrogen functional groups attached to an aromatic ring is 1. The van der Waals surface area contributed by atoms with Gasteiger partial charge < -0.3 is 5.73 Å². The zero-order valence-corrected chi connectivity index (χ0v) is 11.5. The van der Waals surface area contributed by atoms with Crippen LogP contribution < -0.4 is 5.73 Å². The van der Waals surface area contributed by atoms with Crippen molar-refractivity contribution in [3.63, 3.8) is 0 Å². The molecule has 1 heterocycles. The van der Waals surface area contributed by atoms with Crippen LogP contribution in [-0.2, 0) is 12.0 Å². The van der Waals surface area contributed by atoms with E-state index >= 15 is 0 Å². The Morgan fingerprint density at radius 3 is 2.71 bits per heavy atom. The van der Waals surface area contributed by atoms with Crippen LogP contribution in [0.4, 0.5) is 5.69 Å². The molecule has 0 amide bonds. The number of anilines is 1. The highest BCUT2D eigenvalue weighted by atomic mass is 15.1. The van der Waals surface area contributed by atoms with Gasteiger partial charge in [-0.05, 0) is 29.2 Å². The van der Waals surface area contributed by atoms with E-state index < -0.39 is 0 Å². The molecular formula is C15H24N2. The second-order valence-electron chi connectivity index (χ2n) is 6.36. The maximum atomic E-state index is 5.90. The van der Waals surface area contributed by atoms with Gasteiger partial charge in [-0.2, -0.15) is 0 Å². The van der Waals surface area contributed by atoms with Crippen LogP contribution in [0.25, 0.3) is 0 Å². The molecule has 1 aromatic rings. The van der Waals surface area contributed by atoms with E-state index in [1.165, 1.54) is 11.1 Å². The van der Waals surface area contributed by atoms with Crippen LogP contribution in [-0.4, -0.2) is 18.0 Å². The largest absolute Gasteiger partial charge is 0.399 e. The Morgan fingerprint density at radius 1 is 1.35 bits per heavy atom. The van der Waals surface area contributed by atoms with Crippen molar-refractivity contribution >= 4 is 5.69 Å². The minimum Gasteiger partial charge on any atom is -0.399 e. The first kappa shape index (κ1) is 12.4. The first-order valence-corrected chi connectivity index (χ1v) is 6.50. The molecule has 1 aliphatic rings. The van der Waals surface area contributed by atoms with Gasteiger partial charge in [-0.15, -0.1) is 0 Å². The highest BCUT2D eigenvalue weighted by Gasteiger charge is 2.31. The van der Waals surface area contributed by atoms with Crippen molar-refractivity contribution in [2.45, 2.75) is 39.7 Å². The zero-order valence-electron chi connectivity index (χ0n) is 11.5. The molecule has 0 fully saturated rings. The highest BCUT2D eigenvalue weighted by Crippen LogP contribution is 2.34. The average molecular weight is 232 g/mol. The SMILES string of the molecule is CC(C)CN1Cc2cc(N)ccc2C(C)(C)C1. The lowest BCUT2D eigenvalue weighted by molar-refractivity contribution is 0.175. The predicted molar refractivity (Wildman–Crippen MR) is 74.0 cm³/mol. The van der Waals surface area contributed by atoms with Crippen LogP contribution in [0, 0.1) is 5.92 Å². The van der Waals surface area contributed by atoms with E-state index in [4.69, 9.17) is 5.73 Å². The second-order valence-corrected chi connectivity index (χ2v) is 6.36. The van der Waals surface area contributed by atoms with Gasteiger partial charge in [0.05, 0.1) is 0 Å². The number of nitrogens with zero attached hydrogens (tertiary/aromatic N) is 1. The summed E-state index contributed by atoms with van der Waals surface area (Å²) >= 11 is 0. The normalized spacial score (nSPS) is 19.4. The summed E-state index contributed by atoms with van der Waals surface area (Å²) in [5, 5.41) is 0. The Kier molecular flexibility index (Phi) is 3.17. The molecule has 0 spiro atoms. The number of nitrogens with two attached hydrogens (primary N) is 1. The number of fused-ring (bicyclic) bond motifs is 1. The van der Waals surface area contributed by atoms with Gasteiger partial charge in [0.2, 0.25) is 0 Å². The first-order valence-electron chi connectivity index (χ1n) is 6.50. The molecule has 94 valence electrons. The predicted octanol–water partition coefficient (Wildman–Crippen LogP) is 3.02. The smallest absolute Gasteiger partial charge is 0.0317 e. The van der Waals surface area contributed by atoms with Gasteiger partial charge in [-0.25, -0.2) is 0 Å². The molecule has 0 unspecified atom stereocenters. The fourth-order valence-corrected chi connectivity index (χ4v) is 2.99. The van der Waals surface area contributed by atoms with E-state index in [2.05, 4.69) is 44.7 Å². The highest BCUT2D eigenvalue weighted by molar-refractivity contribution is 5.48. The van der Waals surface area contributed by atoms with Gasteiger partial charge in [0.15, 0.2) is 0 Å². The second kappa shape index (κ2) is 4.34. The first-order chi connectivity index (χ1) is 7.88.